The lowest BCUT2D eigenvalue weighted by atomic mass is 9.94. The first-order chi connectivity index (χ1) is 20.6. The first kappa shape index (κ1) is 31.9. The van der Waals surface area contributed by atoms with Crippen molar-refractivity contribution in [1.82, 2.24) is 14.6 Å². The van der Waals surface area contributed by atoms with Crippen LogP contribution in [0.4, 0.5) is 19.0 Å². The molecule has 5 N–H and O–H groups in total. The fraction of sp³-hybridized carbons (Fsp3) is 0.346. The number of esters is 1. The number of ether oxygens (including phenoxy) is 2. The third kappa shape index (κ3) is 6.33. The SMILES string of the molecule is C[C@]1(O)C(n2ccc(N)nc2=O)OC(COP(=O)(NC2C(=O)OCc3c2cccc3C(F)(F)F)Oc2ccc(Cl)cc2)[C@H]1O. The van der Waals surface area contributed by atoms with Crippen LogP contribution in [0.1, 0.15) is 35.9 Å². The maximum Gasteiger partial charge on any atom is 0.459 e. The Labute approximate surface area is 251 Å². The Hall–Kier alpha value is -3.50. The summed E-state index contributed by atoms with van der Waals surface area (Å²) in [5.41, 5.74) is 0.954. The number of carbonyl (C=O) groups excluding carboxylic acids is 1. The Morgan fingerprint density at radius 2 is 1.93 bits per heavy atom. The lowest BCUT2D eigenvalue weighted by Gasteiger charge is -2.30. The van der Waals surface area contributed by atoms with E-state index in [-0.39, 0.29) is 22.7 Å². The second-order valence-electron chi connectivity index (χ2n) is 10.1. The van der Waals surface area contributed by atoms with Crippen molar-refractivity contribution >= 4 is 31.1 Å². The molecular weight excluding hydrogens is 636 g/mol. The predicted molar refractivity (Wildman–Crippen MR) is 146 cm³/mol. The number of aliphatic hydroxyl groups is 2. The molecule has 0 radical (unpaired) electrons. The van der Waals surface area contributed by atoms with Crippen molar-refractivity contribution in [2.45, 2.75) is 49.8 Å². The quantitative estimate of drug-likeness (QED) is 0.205. The summed E-state index contributed by atoms with van der Waals surface area (Å²) in [5.74, 6) is -1.23. The minimum Gasteiger partial charge on any atom is -0.459 e. The highest BCUT2D eigenvalue weighted by Crippen LogP contribution is 2.50. The molecule has 0 aliphatic carbocycles. The maximum atomic E-state index is 14.1. The normalized spacial score (nSPS) is 26.5. The van der Waals surface area contributed by atoms with Gasteiger partial charge in [-0.2, -0.15) is 23.2 Å². The van der Waals surface area contributed by atoms with Gasteiger partial charge in [0.2, 0.25) is 0 Å². The molecule has 13 nitrogen and oxygen atoms in total. The average Bonchev–Trinajstić information content (AvgIpc) is 3.17. The highest BCUT2D eigenvalue weighted by atomic mass is 35.5. The summed E-state index contributed by atoms with van der Waals surface area (Å²) in [6, 6.07) is 8.09. The number of cyclic esters (lactones) is 1. The Morgan fingerprint density at radius 3 is 2.59 bits per heavy atom. The minimum atomic E-state index is -4.77. The molecule has 0 amide bonds. The van der Waals surface area contributed by atoms with E-state index in [1.165, 1.54) is 49.5 Å². The molecule has 2 aliphatic rings. The van der Waals surface area contributed by atoms with Gasteiger partial charge >= 0.3 is 25.6 Å². The van der Waals surface area contributed by atoms with Crippen LogP contribution in [0.25, 0.3) is 0 Å². The molecule has 3 aromatic rings. The molecule has 2 aliphatic heterocycles. The van der Waals surface area contributed by atoms with Crippen LogP contribution in [0.15, 0.2) is 59.5 Å². The van der Waals surface area contributed by atoms with Crippen LogP contribution >= 0.6 is 19.3 Å². The molecule has 44 heavy (non-hydrogen) atoms. The Kier molecular flexibility index (Phi) is 8.54. The molecule has 5 rings (SSSR count). The van der Waals surface area contributed by atoms with E-state index in [0.717, 1.165) is 16.7 Å². The topological polar surface area (TPSA) is 184 Å². The molecule has 0 saturated carbocycles. The number of alkyl halides is 3. The van der Waals surface area contributed by atoms with Gasteiger partial charge in [-0.25, -0.2) is 14.2 Å². The maximum absolute atomic E-state index is 14.1. The number of nitrogens with one attached hydrogen (secondary N) is 1. The van der Waals surface area contributed by atoms with Crippen LogP contribution in [-0.2, 0) is 36.1 Å². The summed E-state index contributed by atoms with van der Waals surface area (Å²) >= 11 is 5.91. The molecule has 0 bridgehead atoms. The van der Waals surface area contributed by atoms with Gasteiger partial charge in [0.05, 0.1) is 12.2 Å². The largest absolute Gasteiger partial charge is 0.459 e. The molecule has 0 spiro atoms. The molecular formula is C26H25ClF3N4O9P. The number of nitrogens with two attached hydrogens (primary N) is 1. The third-order valence-corrected chi connectivity index (χ3v) is 8.78. The van der Waals surface area contributed by atoms with E-state index in [2.05, 4.69) is 10.1 Å². The van der Waals surface area contributed by atoms with Gasteiger partial charge in [0.1, 0.15) is 42.0 Å². The van der Waals surface area contributed by atoms with Gasteiger partial charge < -0.3 is 29.9 Å². The van der Waals surface area contributed by atoms with Crippen molar-refractivity contribution in [1.29, 1.82) is 0 Å². The molecule has 236 valence electrons. The lowest BCUT2D eigenvalue weighted by molar-refractivity contribution is -0.152. The van der Waals surface area contributed by atoms with E-state index < -0.39 is 74.4 Å². The van der Waals surface area contributed by atoms with Crippen LogP contribution in [0.5, 0.6) is 5.75 Å². The molecule has 1 aromatic heterocycles. The molecule has 4 unspecified atom stereocenters. The van der Waals surface area contributed by atoms with E-state index in [0.29, 0.717) is 5.02 Å². The van der Waals surface area contributed by atoms with Crippen molar-refractivity contribution < 1.29 is 51.3 Å². The number of hydrogen-bond donors (Lipinski definition) is 4. The van der Waals surface area contributed by atoms with Gasteiger partial charge in [-0.15, -0.1) is 0 Å². The van der Waals surface area contributed by atoms with Crippen LogP contribution in [0.2, 0.25) is 5.02 Å². The zero-order valence-electron chi connectivity index (χ0n) is 22.6. The number of aromatic nitrogens is 2. The van der Waals surface area contributed by atoms with E-state index >= 15 is 0 Å². The number of fused-ring (bicyclic) bond motifs is 1. The van der Waals surface area contributed by atoms with Crippen LogP contribution in [0.3, 0.4) is 0 Å². The van der Waals surface area contributed by atoms with Crippen molar-refractivity contribution in [2.75, 3.05) is 12.3 Å². The Balaban J connectivity index is 1.44. The van der Waals surface area contributed by atoms with E-state index in [9.17, 15) is 37.5 Å². The first-order valence-corrected chi connectivity index (χ1v) is 14.7. The highest BCUT2D eigenvalue weighted by Gasteiger charge is 2.54. The van der Waals surface area contributed by atoms with Crippen molar-refractivity contribution in [3.8, 4) is 5.75 Å². The third-order valence-electron chi connectivity index (χ3n) is 7.02. The van der Waals surface area contributed by atoms with Gasteiger partial charge in [0.25, 0.3) is 0 Å². The van der Waals surface area contributed by atoms with Gasteiger partial charge in [-0.05, 0) is 48.9 Å². The standard InChI is InChI=1S/C26H25ClF3N4O9P/c1-25(38)21(35)18(42-23(25)34-10-9-19(31)32-24(34)37)12-41-44(39,43-14-7-5-13(27)6-8-14)33-20-15-3-2-4-17(26(28,29)30)16(15)11-40-22(20)36/h2-10,18,20-21,23,35,38H,11-12H2,1H3,(H,33,39)(H2,31,32,37)/t18?,20?,21-,23?,25-,44?/m1/s1. The second kappa shape index (κ2) is 11.8. The lowest BCUT2D eigenvalue weighted by Crippen LogP contribution is -2.46. The fourth-order valence-electron chi connectivity index (χ4n) is 4.81. The van der Waals surface area contributed by atoms with Gasteiger partial charge in [-0.1, -0.05) is 23.7 Å². The summed E-state index contributed by atoms with van der Waals surface area (Å²) < 4.78 is 77.9. The van der Waals surface area contributed by atoms with E-state index in [4.69, 9.17) is 35.9 Å². The summed E-state index contributed by atoms with van der Waals surface area (Å²) in [7, 11) is -4.75. The molecule has 1 saturated heterocycles. The zero-order valence-corrected chi connectivity index (χ0v) is 24.3. The fourth-order valence-corrected chi connectivity index (χ4v) is 6.42. The number of anilines is 1. The van der Waals surface area contributed by atoms with Crippen molar-refractivity contribution in [2.24, 2.45) is 0 Å². The van der Waals surface area contributed by atoms with Crippen molar-refractivity contribution in [3.05, 3.63) is 86.9 Å². The number of benzene rings is 2. The monoisotopic (exact) mass is 660 g/mol. The number of hydrogen-bond acceptors (Lipinski definition) is 11. The smallest absolute Gasteiger partial charge is 0.459 e. The highest BCUT2D eigenvalue weighted by molar-refractivity contribution is 7.52. The second-order valence-corrected chi connectivity index (χ2v) is 12.2. The minimum absolute atomic E-state index is 0.0732. The molecule has 2 aromatic carbocycles. The molecule has 1 fully saturated rings. The number of aliphatic hydroxyl groups excluding tert-OH is 1. The summed E-state index contributed by atoms with van der Waals surface area (Å²) in [6.45, 7) is -0.260. The zero-order chi connectivity index (χ0) is 32.0. The summed E-state index contributed by atoms with van der Waals surface area (Å²) in [6.07, 6.45) is -8.24. The molecule has 18 heteroatoms. The predicted octanol–water partition coefficient (Wildman–Crippen LogP) is 3.10. The van der Waals surface area contributed by atoms with Crippen LogP contribution in [0, 0.1) is 0 Å². The Morgan fingerprint density at radius 1 is 1.23 bits per heavy atom. The van der Waals surface area contributed by atoms with Gasteiger partial charge in [-0.3, -0.25) is 9.09 Å². The summed E-state index contributed by atoms with van der Waals surface area (Å²) in [5, 5.41) is 24.5. The van der Waals surface area contributed by atoms with Crippen LogP contribution < -0.4 is 21.0 Å². The molecule has 6 atom stereocenters. The van der Waals surface area contributed by atoms with E-state index in [1.54, 1.807) is 0 Å². The number of rotatable bonds is 8. The number of carbonyl (C=O) groups is 1. The Bertz CT molecular complexity index is 1670. The number of nitrogens with zero attached hydrogens (tertiary/aromatic N) is 2. The van der Waals surface area contributed by atoms with E-state index in [1.807, 2.05) is 0 Å². The van der Waals surface area contributed by atoms with Crippen molar-refractivity contribution in [3.63, 3.8) is 0 Å². The summed E-state index contributed by atoms with van der Waals surface area (Å²) in [4.78, 5) is 28.7. The molecule has 3 heterocycles. The first-order valence-electron chi connectivity index (χ1n) is 12.8. The number of nitrogen functional groups attached to an aromatic ring is 1. The van der Waals surface area contributed by atoms with Gasteiger partial charge in [0.15, 0.2) is 6.23 Å². The van der Waals surface area contributed by atoms with Gasteiger partial charge in [0, 0.05) is 16.8 Å². The van der Waals surface area contributed by atoms with Crippen LogP contribution in [-0.4, -0.2) is 50.1 Å². The number of halogens is 4. The average molecular weight is 661 g/mol.